The van der Waals surface area contributed by atoms with Gasteiger partial charge in [0.2, 0.25) is 0 Å². The Morgan fingerprint density at radius 3 is 2.29 bits per heavy atom. The van der Waals surface area contributed by atoms with Crippen molar-refractivity contribution in [2.75, 3.05) is 5.32 Å². The highest BCUT2D eigenvalue weighted by Gasteiger charge is 2.30. The standard InChI is InChI=1S/C16H15BrF3N/c1-2-11-5-3-4-6-12(11)10-21-15-8-7-13(9-14(15)17)16(18,19)20/h3-9,21H,2,10H2,1H3. The number of hydrogen-bond acceptors (Lipinski definition) is 1. The Balaban J connectivity index is 2.14. The summed E-state index contributed by atoms with van der Waals surface area (Å²) in [6, 6.07) is 11.6. The molecule has 0 unspecified atom stereocenters. The topological polar surface area (TPSA) is 12.0 Å². The first-order valence-electron chi connectivity index (χ1n) is 6.59. The summed E-state index contributed by atoms with van der Waals surface area (Å²) in [7, 11) is 0. The lowest BCUT2D eigenvalue weighted by Crippen LogP contribution is -2.07. The van der Waals surface area contributed by atoms with Gasteiger partial charge in [0.05, 0.1) is 5.56 Å². The van der Waals surface area contributed by atoms with Gasteiger partial charge in [0.15, 0.2) is 0 Å². The van der Waals surface area contributed by atoms with Gasteiger partial charge < -0.3 is 5.32 Å². The predicted molar refractivity (Wildman–Crippen MR) is 82.3 cm³/mol. The van der Waals surface area contributed by atoms with Crippen LogP contribution in [0.3, 0.4) is 0 Å². The van der Waals surface area contributed by atoms with Gasteiger partial charge >= 0.3 is 6.18 Å². The first-order chi connectivity index (χ1) is 9.91. The predicted octanol–water partition coefficient (Wildman–Crippen LogP) is 5.64. The Kier molecular flexibility index (Phi) is 4.93. The number of hydrogen-bond donors (Lipinski definition) is 1. The van der Waals surface area contributed by atoms with Crippen LogP contribution in [0.2, 0.25) is 0 Å². The molecule has 0 atom stereocenters. The third kappa shape index (κ3) is 4.00. The van der Waals surface area contributed by atoms with Crippen molar-refractivity contribution in [3.8, 4) is 0 Å². The van der Waals surface area contributed by atoms with Crippen LogP contribution in [0.5, 0.6) is 0 Å². The number of benzene rings is 2. The number of rotatable bonds is 4. The van der Waals surface area contributed by atoms with E-state index in [-0.39, 0.29) is 0 Å². The first kappa shape index (κ1) is 15.9. The van der Waals surface area contributed by atoms with Crippen LogP contribution in [0.4, 0.5) is 18.9 Å². The second-order valence-electron chi connectivity index (χ2n) is 4.67. The lowest BCUT2D eigenvalue weighted by atomic mass is 10.1. The Labute approximate surface area is 130 Å². The van der Waals surface area contributed by atoms with E-state index in [4.69, 9.17) is 0 Å². The number of alkyl halides is 3. The Morgan fingerprint density at radius 1 is 1.05 bits per heavy atom. The molecule has 0 aliphatic carbocycles. The Hall–Kier alpha value is -1.49. The normalized spacial score (nSPS) is 11.5. The van der Waals surface area contributed by atoms with Crippen molar-refractivity contribution in [2.24, 2.45) is 0 Å². The molecule has 0 heterocycles. The fourth-order valence-corrected chi connectivity index (χ4v) is 2.62. The smallest absolute Gasteiger partial charge is 0.380 e. The lowest BCUT2D eigenvalue weighted by Gasteiger charge is -2.13. The van der Waals surface area contributed by atoms with Gasteiger partial charge in [-0.3, -0.25) is 0 Å². The summed E-state index contributed by atoms with van der Waals surface area (Å²) in [5, 5.41) is 3.17. The molecular weight excluding hydrogens is 343 g/mol. The highest BCUT2D eigenvalue weighted by Crippen LogP contribution is 2.34. The molecule has 0 fully saturated rings. The van der Waals surface area contributed by atoms with Crippen LogP contribution in [0.15, 0.2) is 46.9 Å². The summed E-state index contributed by atoms with van der Waals surface area (Å²) in [4.78, 5) is 0. The van der Waals surface area contributed by atoms with Crippen molar-refractivity contribution in [2.45, 2.75) is 26.1 Å². The molecule has 0 radical (unpaired) electrons. The van der Waals surface area contributed by atoms with Crippen molar-refractivity contribution < 1.29 is 13.2 Å². The second-order valence-corrected chi connectivity index (χ2v) is 5.52. The van der Waals surface area contributed by atoms with E-state index in [2.05, 4.69) is 34.2 Å². The van der Waals surface area contributed by atoms with Crippen molar-refractivity contribution in [1.82, 2.24) is 0 Å². The average molecular weight is 358 g/mol. The van der Waals surface area contributed by atoms with Crippen LogP contribution in [0, 0.1) is 0 Å². The number of aryl methyl sites for hydroxylation is 1. The van der Waals surface area contributed by atoms with Crippen molar-refractivity contribution in [3.05, 3.63) is 63.6 Å². The molecule has 112 valence electrons. The Bertz CT molecular complexity index is 623. The molecule has 0 amide bonds. The number of halogens is 4. The van der Waals surface area contributed by atoms with Gasteiger partial charge in [-0.1, -0.05) is 31.2 Å². The van der Waals surface area contributed by atoms with Gasteiger partial charge in [-0.15, -0.1) is 0 Å². The van der Waals surface area contributed by atoms with Gasteiger partial charge in [0.25, 0.3) is 0 Å². The van der Waals surface area contributed by atoms with E-state index < -0.39 is 11.7 Å². The minimum Gasteiger partial charge on any atom is -0.380 e. The maximum absolute atomic E-state index is 12.6. The lowest BCUT2D eigenvalue weighted by molar-refractivity contribution is -0.137. The van der Waals surface area contributed by atoms with Crippen LogP contribution < -0.4 is 5.32 Å². The van der Waals surface area contributed by atoms with Crippen LogP contribution in [-0.4, -0.2) is 0 Å². The summed E-state index contributed by atoms with van der Waals surface area (Å²) < 4.78 is 38.2. The molecule has 2 aromatic carbocycles. The largest absolute Gasteiger partial charge is 0.416 e. The zero-order valence-corrected chi connectivity index (χ0v) is 13.1. The molecule has 0 spiro atoms. The number of anilines is 1. The minimum atomic E-state index is -4.32. The molecule has 0 bridgehead atoms. The quantitative estimate of drug-likeness (QED) is 0.746. The summed E-state index contributed by atoms with van der Waals surface area (Å²) in [6.45, 7) is 2.65. The summed E-state index contributed by atoms with van der Waals surface area (Å²) in [5.74, 6) is 0. The summed E-state index contributed by atoms with van der Waals surface area (Å²) in [5.41, 5.74) is 2.36. The van der Waals surface area contributed by atoms with Crippen LogP contribution in [-0.2, 0) is 19.1 Å². The zero-order valence-electron chi connectivity index (χ0n) is 11.5. The van der Waals surface area contributed by atoms with Gasteiger partial charge in [0.1, 0.15) is 0 Å². The molecule has 21 heavy (non-hydrogen) atoms. The van der Waals surface area contributed by atoms with Crippen molar-refractivity contribution >= 4 is 21.6 Å². The molecule has 0 saturated heterocycles. The van der Waals surface area contributed by atoms with E-state index in [0.717, 1.165) is 24.1 Å². The van der Waals surface area contributed by atoms with Crippen LogP contribution in [0.25, 0.3) is 0 Å². The molecule has 0 aromatic heterocycles. The molecule has 2 aromatic rings. The molecule has 1 nitrogen and oxygen atoms in total. The molecule has 0 aliphatic rings. The molecule has 1 N–H and O–H groups in total. The highest BCUT2D eigenvalue weighted by atomic mass is 79.9. The summed E-state index contributed by atoms with van der Waals surface area (Å²) >= 11 is 3.19. The molecule has 0 saturated carbocycles. The van der Waals surface area contributed by atoms with Crippen molar-refractivity contribution in [1.29, 1.82) is 0 Å². The van der Waals surface area contributed by atoms with E-state index in [1.165, 1.54) is 11.6 Å². The van der Waals surface area contributed by atoms with E-state index >= 15 is 0 Å². The van der Waals surface area contributed by atoms with Crippen LogP contribution in [0.1, 0.15) is 23.6 Å². The average Bonchev–Trinajstić information content (AvgIpc) is 2.45. The fourth-order valence-electron chi connectivity index (χ4n) is 2.10. The fraction of sp³-hybridized carbons (Fsp3) is 0.250. The highest BCUT2D eigenvalue weighted by molar-refractivity contribution is 9.10. The number of nitrogens with one attached hydrogen (secondary N) is 1. The Morgan fingerprint density at radius 2 is 1.71 bits per heavy atom. The van der Waals surface area contributed by atoms with Gasteiger partial charge in [-0.25, -0.2) is 0 Å². The molecule has 5 heteroatoms. The third-order valence-electron chi connectivity index (χ3n) is 3.26. The maximum Gasteiger partial charge on any atom is 0.416 e. The second kappa shape index (κ2) is 6.52. The van der Waals surface area contributed by atoms with Crippen molar-refractivity contribution in [3.63, 3.8) is 0 Å². The van der Waals surface area contributed by atoms with Gasteiger partial charge in [-0.2, -0.15) is 13.2 Å². The van der Waals surface area contributed by atoms with Gasteiger partial charge in [-0.05, 0) is 51.7 Å². The van der Waals surface area contributed by atoms with E-state index in [0.29, 0.717) is 16.7 Å². The van der Waals surface area contributed by atoms with Crippen LogP contribution >= 0.6 is 15.9 Å². The minimum absolute atomic E-state index is 0.409. The van der Waals surface area contributed by atoms with E-state index in [1.54, 1.807) is 0 Å². The van der Waals surface area contributed by atoms with E-state index in [1.807, 2.05) is 18.2 Å². The first-order valence-corrected chi connectivity index (χ1v) is 7.38. The monoisotopic (exact) mass is 357 g/mol. The van der Waals surface area contributed by atoms with E-state index in [9.17, 15) is 13.2 Å². The SMILES string of the molecule is CCc1ccccc1CNc1ccc(C(F)(F)F)cc1Br. The summed E-state index contributed by atoms with van der Waals surface area (Å²) in [6.07, 6.45) is -3.40. The molecule has 2 rings (SSSR count). The van der Waals surface area contributed by atoms with Gasteiger partial charge in [0, 0.05) is 16.7 Å². The molecular formula is C16H15BrF3N. The maximum atomic E-state index is 12.6. The molecule has 0 aliphatic heterocycles. The third-order valence-corrected chi connectivity index (χ3v) is 3.92. The zero-order chi connectivity index (χ0) is 15.5.